The summed E-state index contributed by atoms with van der Waals surface area (Å²) in [5.74, 6) is 0.101. The second-order valence-electron chi connectivity index (χ2n) is 5.41. The van der Waals surface area contributed by atoms with E-state index >= 15 is 0 Å². The molecule has 11 nitrogen and oxygen atoms in total. The summed E-state index contributed by atoms with van der Waals surface area (Å²) in [5, 5.41) is 2.40. The van der Waals surface area contributed by atoms with Gasteiger partial charge in [0.1, 0.15) is 19.3 Å². The minimum Gasteiger partial charge on any atom is -0.445 e. The lowest BCUT2D eigenvalue weighted by Gasteiger charge is -2.14. The predicted molar refractivity (Wildman–Crippen MR) is 93.1 cm³/mol. The van der Waals surface area contributed by atoms with Gasteiger partial charge in [-0.25, -0.2) is 19.7 Å². The molecule has 1 atom stereocenters. The molecule has 0 aliphatic carbocycles. The van der Waals surface area contributed by atoms with Gasteiger partial charge < -0.3 is 18.9 Å². The number of imidazole rings is 1. The molecule has 0 fully saturated rings. The number of halogens is 3. The molecule has 0 radical (unpaired) electrons. The largest absolute Gasteiger partial charge is 0.445 e. The number of alkyl halides is 3. The molecule has 0 spiro atoms. The van der Waals surface area contributed by atoms with Crippen LogP contribution < -0.4 is 5.32 Å². The fraction of sp³-hybridized carbons (Fsp3) is 0.429. The van der Waals surface area contributed by atoms with Crippen LogP contribution >= 0.6 is 7.60 Å². The SMILES string of the molecule is C=CCOC(=O)Nc1ncnc2c1ncn2CCOCP(=O)(O)OCC(F)(F)F. The van der Waals surface area contributed by atoms with E-state index in [1.54, 1.807) is 0 Å². The standard InChI is InChI=1S/C14H17F3N5O6P/c1-2-4-27-13(23)21-11-10-12(19-7-18-11)22(8-20-10)3-5-26-9-29(24,25)28-6-14(15,16)17/h2,7-8H,1,3-6,9H2,(H,24,25)(H,18,19,21,23). The molecule has 29 heavy (non-hydrogen) atoms. The number of carbonyl (C=O) groups is 1. The average Bonchev–Trinajstić information content (AvgIpc) is 3.06. The van der Waals surface area contributed by atoms with Gasteiger partial charge in [0, 0.05) is 6.54 Å². The Balaban J connectivity index is 1.91. The van der Waals surface area contributed by atoms with Gasteiger partial charge in [-0.1, -0.05) is 12.7 Å². The fourth-order valence-electron chi connectivity index (χ4n) is 1.96. The summed E-state index contributed by atoms with van der Waals surface area (Å²) < 4.78 is 62.7. The molecular weight excluding hydrogens is 422 g/mol. The number of nitrogens with one attached hydrogen (secondary N) is 1. The predicted octanol–water partition coefficient (Wildman–Crippen LogP) is 2.30. The molecule has 0 bridgehead atoms. The number of anilines is 1. The Labute approximate surface area is 162 Å². The molecule has 2 aromatic heterocycles. The number of rotatable bonds is 10. The number of carbonyl (C=O) groups excluding carboxylic acids is 1. The van der Waals surface area contributed by atoms with Crippen molar-refractivity contribution in [2.24, 2.45) is 0 Å². The summed E-state index contributed by atoms with van der Waals surface area (Å²) in [6.45, 7) is 1.54. The molecule has 0 aliphatic rings. The van der Waals surface area contributed by atoms with E-state index in [0.29, 0.717) is 5.65 Å². The second kappa shape index (κ2) is 9.78. The van der Waals surface area contributed by atoms with Crippen LogP contribution in [-0.2, 0) is 25.1 Å². The van der Waals surface area contributed by atoms with Crippen molar-refractivity contribution in [1.82, 2.24) is 19.5 Å². The number of hydrogen-bond donors (Lipinski definition) is 2. The lowest BCUT2D eigenvalue weighted by Crippen LogP contribution is -2.17. The van der Waals surface area contributed by atoms with Crippen molar-refractivity contribution in [2.45, 2.75) is 12.7 Å². The Hall–Kier alpha value is -2.54. The van der Waals surface area contributed by atoms with Crippen molar-refractivity contribution in [3.05, 3.63) is 25.3 Å². The first-order chi connectivity index (χ1) is 13.6. The normalized spacial score (nSPS) is 13.8. The molecule has 0 aliphatic heterocycles. The summed E-state index contributed by atoms with van der Waals surface area (Å²) in [6.07, 6.45) is -2.47. The van der Waals surface area contributed by atoms with Gasteiger partial charge in [0.15, 0.2) is 23.6 Å². The molecule has 1 unspecified atom stereocenters. The fourth-order valence-corrected chi connectivity index (χ4v) is 2.74. The number of fused-ring (bicyclic) bond motifs is 1. The van der Waals surface area contributed by atoms with Crippen molar-refractivity contribution < 1.29 is 41.4 Å². The molecule has 160 valence electrons. The van der Waals surface area contributed by atoms with Crippen LogP contribution in [-0.4, -0.2) is 62.9 Å². The third kappa shape index (κ3) is 7.42. The molecule has 2 N–H and O–H groups in total. The summed E-state index contributed by atoms with van der Waals surface area (Å²) in [4.78, 5) is 32.9. The van der Waals surface area contributed by atoms with Crippen LogP contribution in [0.1, 0.15) is 0 Å². The number of hydrogen-bond acceptors (Lipinski definition) is 8. The third-order valence-electron chi connectivity index (χ3n) is 3.11. The van der Waals surface area contributed by atoms with Gasteiger partial charge in [-0.05, 0) is 0 Å². The van der Waals surface area contributed by atoms with Crippen LogP contribution in [0.2, 0.25) is 0 Å². The zero-order valence-electron chi connectivity index (χ0n) is 14.8. The topological polar surface area (TPSA) is 138 Å². The minimum atomic E-state index is -4.72. The molecular formula is C14H17F3N5O6P. The highest BCUT2D eigenvalue weighted by molar-refractivity contribution is 7.52. The Morgan fingerprint density at radius 1 is 1.38 bits per heavy atom. The van der Waals surface area contributed by atoms with Gasteiger partial charge in [-0.3, -0.25) is 14.4 Å². The minimum absolute atomic E-state index is 0.00718. The van der Waals surface area contributed by atoms with Crippen LogP contribution in [0.25, 0.3) is 11.2 Å². The monoisotopic (exact) mass is 439 g/mol. The Kier molecular flexibility index (Phi) is 7.67. The van der Waals surface area contributed by atoms with E-state index in [4.69, 9.17) is 9.47 Å². The maximum atomic E-state index is 12.0. The summed E-state index contributed by atoms with van der Waals surface area (Å²) in [7, 11) is -4.54. The third-order valence-corrected chi connectivity index (χ3v) is 4.16. The number of ether oxygens (including phenoxy) is 2. The highest BCUT2D eigenvalue weighted by Gasteiger charge is 2.32. The van der Waals surface area contributed by atoms with Gasteiger partial charge in [0.25, 0.3) is 0 Å². The molecule has 0 aromatic carbocycles. The maximum Gasteiger partial charge on any atom is 0.413 e. The first kappa shape index (κ1) is 22.7. The zero-order valence-corrected chi connectivity index (χ0v) is 15.7. The van der Waals surface area contributed by atoms with Gasteiger partial charge in [0.05, 0.1) is 12.9 Å². The molecule has 2 aromatic rings. The van der Waals surface area contributed by atoms with Gasteiger partial charge in [-0.2, -0.15) is 13.2 Å². The maximum absolute atomic E-state index is 12.0. The first-order valence-electron chi connectivity index (χ1n) is 7.92. The van der Waals surface area contributed by atoms with Crippen molar-refractivity contribution in [1.29, 1.82) is 0 Å². The van der Waals surface area contributed by atoms with Gasteiger partial charge in [0.2, 0.25) is 0 Å². The van der Waals surface area contributed by atoms with Crippen LogP contribution in [0.4, 0.5) is 23.8 Å². The number of nitrogens with zero attached hydrogens (tertiary/aromatic N) is 4. The van der Waals surface area contributed by atoms with E-state index < -0.39 is 32.8 Å². The molecule has 2 rings (SSSR count). The molecule has 2 heterocycles. The lowest BCUT2D eigenvalue weighted by molar-refractivity contribution is -0.155. The summed E-state index contributed by atoms with van der Waals surface area (Å²) >= 11 is 0. The molecule has 0 saturated heterocycles. The van der Waals surface area contributed by atoms with E-state index in [0.717, 1.165) is 0 Å². The van der Waals surface area contributed by atoms with Gasteiger partial charge in [-0.15, -0.1) is 0 Å². The van der Waals surface area contributed by atoms with Crippen molar-refractivity contribution in [3.63, 3.8) is 0 Å². The van der Waals surface area contributed by atoms with E-state index in [1.807, 2.05) is 0 Å². The first-order valence-corrected chi connectivity index (χ1v) is 9.69. The second-order valence-corrected chi connectivity index (χ2v) is 7.20. The van der Waals surface area contributed by atoms with Crippen molar-refractivity contribution in [2.75, 3.05) is 31.5 Å². The zero-order chi connectivity index (χ0) is 21.5. The smallest absolute Gasteiger partial charge is 0.413 e. The molecule has 15 heteroatoms. The van der Waals surface area contributed by atoms with Crippen molar-refractivity contribution >= 4 is 30.7 Å². The number of aromatic nitrogens is 4. The summed E-state index contributed by atoms with van der Waals surface area (Å²) in [5.41, 5.74) is 0.576. The van der Waals surface area contributed by atoms with E-state index in [1.165, 1.54) is 23.3 Å². The summed E-state index contributed by atoms with van der Waals surface area (Å²) in [6, 6.07) is 0. The Bertz CT molecular complexity index is 905. The van der Waals surface area contributed by atoms with E-state index in [9.17, 15) is 27.4 Å². The molecule has 0 saturated carbocycles. The quantitative estimate of drug-likeness (QED) is 0.324. The van der Waals surface area contributed by atoms with Gasteiger partial charge >= 0.3 is 19.9 Å². The average molecular weight is 439 g/mol. The van der Waals surface area contributed by atoms with E-state index in [-0.39, 0.29) is 31.1 Å². The Morgan fingerprint density at radius 3 is 2.83 bits per heavy atom. The van der Waals surface area contributed by atoms with Crippen LogP contribution in [0.5, 0.6) is 0 Å². The number of amides is 1. The van der Waals surface area contributed by atoms with Crippen LogP contribution in [0.15, 0.2) is 25.3 Å². The van der Waals surface area contributed by atoms with Crippen LogP contribution in [0, 0.1) is 0 Å². The highest BCUT2D eigenvalue weighted by atomic mass is 31.2. The lowest BCUT2D eigenvalue weighted by atomic mass is 10.5. The Morgan fingerprint density at radius 2 is 2.14 bits per heavy atom. The highest BCUT2D eigenvalue weighted by Crippen LogP contribution is 2.43. The van der Waals surface area contributed by atoms with Crippen molar-refractivity contribution in [3.8, 4) is 0 Å². The molecule has 1 amide bonds. The van der Waals surface area contributed by atoms with Crippen LogP contribution in [0.3, 0.4) is 0 Å². The van der Waals surface area contributed by atoms with E-state index in [2.05, 4.69) is 31.4 Å².